The molecule has 0 heterocycles. The minimum Gasteiger partial charge on any atom is -0.462 e. The van der Waals surface area contributed by atoms with Gasteiger partial charge < -0.3 is 4.74 Å². The number of carbonyl (C=O) groups is 1. The van der Waals surface area contributed by atoms with E-state index in [0.29, 0.717) is 39.9 Å². The third kappa shape index (κ3) is 7.14. The summed E-state index contributed by atoms with van der Waals surface area (Å²) in [7, 11) is 0. The zero-order valence-corrected chi connectivity index (χ0v) is 33.5. The molecule has 0 bridgehead atoms. The first kappa shape index (κ1) is 38.4. The highest BCUT2D eigenvalue weighted by Crippen LogP contribution is 2.77. The number of esters is 1. The molecule has 5 saturated carbocycles. The number of allylic oxidation sites excluding steroid dienone is 1. The Morgan fingerprint density at radius 3 is 1.92 bits per heavy atom. The predicted octanol–water partition coefficient (Wildman–Crippen LogP) is 14.1. The van der Waals surface area contributed by atoms with Crippen LogP contribution in [0, 0.1) is 56.7 Å². The van der Waals surface area contributed by atoms with Crippen LogP contribution < -0.4 is 0 Å². The number of hydrogen-bond donors (Lipinski definition) is 0. The van der Waals surface area contributed by atoms with E-state index in [4.69, 9.17) is 4.74 Å². The first-order chi connectivity index (χ1) is 22.7. The lowest BCUT2D eigenvalue weighted by Gasteiger charge is -2.73. The van der Waals surface area contributed by atoms with Gasteiger partial charge >= 0.3 is 5.97 Å². The highest BCUT2D eigenvalue weighted by molar-refractivity contribution is 5.69. The molecule has 0 saturated heterocycles. The first-order valence-corrected chi connectivity index (χ1v) is 21.6. The molecular weight excluding hydrogens is 585 g/mol. The summed E-state index contributed by atoms with van der Waals surface area (Å²) in [4.78, 5) is 13.2. The van der Waals surface area contributed by atoms with Gasteiger partial charge in [0.2, 0.25) is 0 Å². The standard InChI is InChI=1S/C46H80O2/c1-10-11-12-13-14-15-16-17-18-19-20-21-22-23-40(47)48-39-28-30-44(7)37(42(39,4)5)27-31-46(9)38(44)25-24-36-41-35(3)34(2)26-29-43(41,6)32-33-45(36,46)8/h35-39,41H,2,10-33H2,1,3-9H3/t35?,36-,37?,38?,39?,41+,43-,44+,45-,46-/m1/s1. The molecular formula is C46H80O2. The molecule has 48 heavy (non-hydrogen) atoms. The van der Waals surface area contributed by atoms with Gasteiger partial charge in [-0.3, -0.25) is 4.79 Å². The van der Waals surface area contributed by atoms with Crippen LogP contribution in [0.25, 0.3) is 0 Å². The van der Waals surface area contributed by atoms with Gasteiger partial charge in [-0.25, -0.2) is 0 Å². The van der Waals surface area contributed by atoms with Gasteiger partial charge in [-0.15, -0.1) is 0 Å². The van der Waals surface area contributed by atoms with E-state index in [1.54, 1.807) is 0 Å². The molecule has 0 aromatic rings. The number of ether oxygens (including phenoxy) is 1. The summed E-state index contributed by atoms with van der Waals surface area (Å²) in [6.45, 7) is 25.2. The van der Waals surface area contributed by atoms with Crippen LogP contribution >= 0.6 is 0 Å². The Balaban J connectivity index is 1.11. The van der Waals surface area contributed by atoms with Crippen molar-refractivity contribution in [2.45, 2.75) is 216 Å². The van der Waals surface area contributed by atoms with Gasteiger partial charge in [-0.05, 0) is 122 Å². The van der Waals surface area contributed by atoms with Crippen molar-refractivity contribution in [3.63, 3.8) is 0 Å². The molecule has 5 aliphatic rings. The SMILES string of the molecule is C=C1CC[C@]2(C)CC[C@]3(C)[C@H](CCC4[C@@]5(C)CCC(OC(=O)CCCCCCCCCCCCCCC)C(C)(C)C5CC[C@]43C)[C@@H]2C1C. The average molecular weight is 665 g/mol. The van der Waals surface area contributed by atoms with E-state index < -0.39 is 0 Å². The summed E-state index contributed by atoms with van der Waals surface area (Å²) in [6.07, 6.45) is 31.2. The van der Waals surface area contributed by atoms with Crippen molar-refractivity contribution >= 4 is 5.97 Å². The first-order valence-electron chi connectivity index (χ1n) is 21.6. The minimum absolute atomic E-state index is 0.0402. The van der Waals surface area contributed by atoms with Gasteiger partial charge in [-0.2, -0.15) is 0 Å². The molecule has 10 atom stereocenters. The van der Waals surface area contributed by atoms with Crippen LogP contribution in [0.4, 0.5) is 0 Å². The molecule has 0 aromatic carbocycles. The van der Waals surface area contributed by atoms with Crippen molar-refractivity contribution in [2.75, 3.05) is 0 Å². The quantitative estimate of drug-likeness (QED) is 0.0989. The van der Waals surface area contributed by atoms with Crippen molar-refractivity contribution in [1.29, 1.82) is 0 Å². The Morgan fingerprint density at radius 2 is 1.29 bits per heavy atom. The highest BCUT2D eigenvalue weighted by atomic mass is 16.5. The fourth-order valence-corrected chi connectivity index (χ4v) is 14.1. The number of carbonyl (C=O) groups excluding carboxylic acids is 1. The lowest BCUT2D eigenvalue weighted by atomic mass is 9.31. The van der Waals surface area contributed by atoms with E-state index in [1.807, 2.05) is 0 Å². The van der Waals surface area contributed by atoms with E-state index >= 15 is 0 Å². The molecule has 0 aliphatic heterocycles. The van der Waals surface area contributed by atoms with Crippen LogP contribution in [0.5, 0.6) is 0 Å². The summed E-state index contributed by atoms with van der Waals surface area (Å²) >= 11 is 0. The molecule has 5 rings (SSSR count). The van der Waals surface area contributed by atoms with Gasteiger partial charge in [-0.1, -0.05) is 145 Å². The highest BCUT2D eigenvalue weighted by Gasteiger charge is 2.70. The van der Waals surface area contributed by atoms with Crippen molar-refractivity contribution < 1.29 is 9.53 Å². The maximum atomic E-state index is 13.2. The lowest BCUT2D eigenvalue weighted by molar-refractivity contribution is -0.254. The van der Waals surface area contributed by atoms with Crippen molar-refractivity contribution in [3.8, 4) is 0 Å². The molecule has 4 unspecified atom stereocenters. The fraction of sp³-hybridized carbons (Fsp3) is 0.935. The molecule has 2 nitrogen and oxygen atoms in total. The molecule has 0 N–H and O–H groups in total. The number of fused-ring (bicyclic) bond motifs is 7. The molecule has 0 amide bonds. The summed E-state index contributed by atoms with van der Waals surface area (Å²) < 4.78 is 6.42. The van der Waals surface area contributed by atoms with Gasteiger partial charge in [0, 0.05) is 11.8 Å². The van der Waals surface area contributed by atoms with Gasteiger partial charge in [0.25, 0.3) is 0 Å². The summed E-state index contributed by atoms with van der Waals surface area (Å²) in [5.41, 5.74) is 3.24. The number of rotatable bonds is 15. The van der Waals surface area contributed by atoms with Crippen molar-refractivity contribution in [1.82, 2.24) is 0 Å². The van der Waals surface area contributed by atoms with Crippen LogP contribution in [-0.2, 0) is 9.53 Å². The largest absolute Gasteiger partial charge is 0.462 e. The molecule has 5 fully saturated rings. The molecule has 0 aromatic heterocycles. The van der Waals surface area contributed by atoms with E-state index in [-0.39, 0.29) is 17.5 Å². The number of hydrogen-bond acceptors (Lipinski definition) is 2. The third-order valence-corrected chi connectivity index (χ3v) is 17.3. The smallest absolute Gasteiger partial charge is 0.306 e. The second-order valence-electron chi connectivity index (χ2n) is 20.1. The van der Waals surface area contributed by atoms with Gasteiger partial charge in [0.05, 0.1) is 0 Å². The van der Waals surface area contributed by atoms with E-state index in [2.05, 4.69) is 62.0 Å². The monoisotopic (exact) mass is 665 g/mol. The summed E-state index contributed by atoms with van der Waals surface area (Å²) in [5, 5.41) is 0. The topological polar surface area (TPSA) is 26.3 Å². The Morgan fingerprint density at radius 1 is 0.688 bits per heavy atom. The predicted molar refractivity (Wildman–Crippen MR) is 205 cm³/mol. The van der Waals surface area contributed by atoms with E-state index in [9.17, 15) is 4.79 Å². The Bertz CT molecular complexity index is 1090. The van der Waals surface area contributed by atoms with Crippen LogP contribution in [0.3, 0.4) is 0 Å². The molecule has 2 heteroatoms. The molecule has 0 radical (unpaired) electrons. The third-order valence-electron chi connectivity index (χ3n) is 17.3. The lowest BCUT2D eigenvalue weighted by Crippen LogP contribution is -2.67. The second kappa shape index (κ2) is 15.4. The van der Waals surface area contributed by atoms with Crippen molar-refractivity contribution in [3.05, 3.63) is 12.2 Å². The maximum Gasteiger partial charge on any atom is 0.306 e. The fourth-order valence-electron chi connectivity index (χ4n) is 14.1. The summed E-state index contributed by atoms with van der Waals surface area (Å²) in [5.74, 6) is 3.79. The summed E-state index contributed by atoms with van der Waals surface area (Å²) in [6, 6.07) is 0. The zero-order chi connectivity index (χ0) is 34.8. The van der Waals surface area contributed by atoms with Crippen LogP contribution in [-0.4, -0.2) is 12.1 Å². The van der Waals surface area contributed by atoms with Crippen LogP contribution in [0.2, 0.25) is 0 Å². The van der Waals surface area contributed by atoms with Crippen LogP contribution in [0.15, 0.2) is 12.2 Å². The average Bonchev–Trinajstić information content (AvgIpc) is 3.03. The minimum atomic E-state index is 0.0402. The van der Waals surface area contributed by atoms with E-state index in [0.717, 1.165) is 30.6 Å². The Hall–Kier alpha value is -0.790. The van der Waals surface area contributed by atoms with Gasteiger partial charge in [0.1, 0.15) is 6.10 Å². The molecule has 0 spiro atoms. The maximum absolute atomic E-state index is 13.2. The Kier molecular flexibility index (Phi) is 12.4. The molecule has 5 aliphatic carbocycles. The number of unbranched alkanes of at least 4 members (excludes halogenated alkanes) is 12. The van der Waals surface area contributed by atoms with Crippen molar-refractivity contribution in [2.24, 2.45) is 56.7 Å². The zero-order valence-electron chi connectivity index (χ0n) is 33.5. The second-order valence-corrected chi connectivity index (χ2v) is 20.1. The van der Waals surface area contributed by atoms with Gasteiger partial charge in [0.15, 0.2) is 0 Å². The van der Waals surface area contributed by atoms with E-state index in [1.165, 1.54) is 140 Å². The molecule has 276 valence electrons. The van der Waals surface area contributed by atoms with Crippen LogP contribution in [0.1, 0.15) is 209 Å². The normalized spacial score (nSPS) is 41.9. The Labute approximate surface area is 299 Å².